The van der Waals surface area contributed by atoms with Crippen LogP contribution < -0.4 is 25.0 Å². The number of hydrogen-bond acceptors (Lipinski definition) is 10. The summed E-state index contributed by atoms with van der Waals surface area (Å²) in [6, 6.07) is 20.7. The van der Waals surface area contributed by atoms with Crippen molar-refractivity contribution in [2.45, 2.75) is 13.8 Å². The Labute approximate surface area is 233 Å². The largest absolute Gasteiger partial charge is 0.494 e. The van der Waals surface area contributed by atoms with Gasteiger partial charge in [0.1, 0.15) is 10.8 Å². The maximum absolute atomic E-state index is 12.6. The van der Waals surface area contributed by atoms with Crippen molar-refractivity contribution in [1.29, 1.82) is 0 Å². The van der Waals surface area contributed by atoms with Gasteiger partial charge >= 0.3 is 17.8 Å². The van der Waals surface area contributed by atoms with E-state index in [2.05, 4.69) is 26.0 Å². The Kier molecular flexibility index (Phi) is 9.51. The third kappa shape index (κ3) is 7.48. The molecular weight excluding hydrogens is 534 g/mol. The van der Waals surface area contributed by atoms with Gasteiger partial charge in [-0.05, 0) is 61.9 Å². The molecule has 0 atom stereocenters. The summed E-state index contributed by atoms with van der Waals surface area (Å²) in [6.07, 6.45) is 1.32. The number of carbonyl (C=O) groups excluding carboxylic acids is 3. The first-order valence-electron chi connectivity index (χ1n) is 12.2. The van der Waals surface area contributed by atoms with Crippen molar-refractivity contribution in [3.63, 3.8) is 0 Å². The van der Waals surface area contributed by atoms with Gasteiger partial charge in [-0.3, -0.25) is 14.9 Å². The lowest BCUT2D eigenvalue weighted by Gasteiger charge is -2.11. The molecular formula is C28H25N5O6S. The number of amides is 2. The number of rotatable bonds is 10. The van der Waals surface area contributed by atoms with E-state index in [1.54, 1.807) is 49.4 Å². The van der Waals surface area contributed by atoms with Gasteiger partial charge in [0.25, 0.3) is 0 Å². The molecule has 2 amide bonds. The third-order valence-corrected chi connectivity index (χ3v) is 6.01. The Hall–Kier alpha value is -5.10. The Bertz CT molecular complexity index is 1510. The van der Waals surface area contributed by atoms with Gasteiger partial charge in [0.05, 0.1) is 25.0 Å². The highest BCUT2D eigenvalue weighted by atomic mass is 32.1. The molecule has 4 rings (SSSR count). The quantitative estimate of drug-likeness (QED) is 0.0963. The molecule has 12 heteroatoms. The van der Waals surface area contributed by atoms with Crippen LogP contribution in [-0.2, 0) is 9.59 Å². The van der Waals surface area contributed by atoms with Gasteiger partial charge in [-0.15, -0.1) is 10.2 Å². The topological polar surface area (TPSA) is 141 Å². The van der Waals surface area contributed by atoms with Gasteiger partial charge in [-0.1, -0.05) is 41.7 Å². The minimum atomic E-state index is -0.987. The lowest BCUT2D eigenvalue weighted by Crippen LogP contribution is -2.32. The monoisotopic (exact) mass is 559 g/mol. The number of ether oxygens (including phenoxy) is 3. The summed E-state index contributed by atoms with van der Waals surface area (Å²) in [5.41, 5.74) is 3.89. The fourth-order valence-corrected chi connectivity index (χ4v) is 4.06. The zero-order valence-corrected chi connectivity index (χ0v) is 22.4. The second-order valence-corrected chi connectivity index (χ2v) is 8.90. The van der Waals surface area contributed by atoms with Crippen molar-refractivity contribution >= 4 is 40.5 Å². The van der Waals surface area contributed by atoms with E-state index < -0.39 is 17.8 Å². The Morgan fingerprint density at radius 3 is 2.35 bits per heavy atom. The van der Waals surface area contributed by atoms with E-state index in [-0.39, 0.29) is 10.9 Å². The summed E-state index contributed by atoms with van der Waals surface area (Å²) in [7, 11) is 0. The van der Waals surface area contributed by atoms with Crippen molar-refractivity contribution in [2.75, 3.05) is 18.5 Å². The standard InChI is InChI=1S/C28H25N5O6S/c1-3-37-21-13-11-20(12-14-21)27(36)39-22-15-10-18(16-23(22)38-4-2)17-29-31-25(35)24(34)30-28-33-32-26(40-28)19-8-6-5-7-9-19/h5-17H,3-4H2,1-2H3,(H,31,35)(H,30,33,34)/b29-17-. The first kappa shape index (κ1) is 27.9. The Morgan fingerprint density at radius 2 is 1.62 bits per heavy atom. The molecule has 0 fully saturated rings. The lowest BCUT2D eigenvalue weighted by atomic mass is 10.2. The molecule has 0 aliphatic carbocycles. The van der Waals surface area contributed by atoms with Crippen LogP contribution in [0.2, 0.25) is 0 Å². The molecule has 11 nitrogen and oxygen atoms in total. The molecule has 1 aromatic heterocycles. The fraction of sp³-hybridized carbons (Fsp3) is 0.143. The van der Waals surface area contributed by atoms with Gasteiger partial charge in [-0.2, -0.15) is 5.10 Å². The minimum Gasteiger partial charge on any atom is -0.494 e. The third-order valence-electron chi connectivity index (χ3n) is 5.12. The summed E-state index contributed by atoms with van der Waals surface area (Å²) in [6.45, 7) is 4.51. The molecule has 0 aliphatic rings. The summed E-state index contributed by atoms with van der Waals surface area (Å²) in [5.74, 6) is -1.32. The van der Waals surface area contributed by atoms with Crippen LogP contribution in [-0.4, -0.2) is 47.4 Å². The van der Waals surface area contributed by atoms with Crippen LogP contribution in [0.3, 0.4) is 0 Å². The molecule has 0 radical (unpaired) electrons. The van der Waals surface area contributed by atoms with Crippen LogP contribution >= 0.6 is 11.3 Å². The van der Waals surface area contributed by atoms with Crippen molar-refractivity contribution in [2.24, 2.45) is 5.10 Å². The van der Waals surface area contributed by atoms with Gasteiger partial charge in [0.2, 0.25) is 5.13 Å². The van der Waals surface area contributed by atoms with Gasteiger partial charge in [0, 0.05) is 5.56 Å². The second kappa shape index (κ2) is 13.6. The van der Waals surface area contributed by atoms with Crippen molar-refractivity contribution in [1.82, 2.24) is 15.6 Å². The molecule has 2 N–H and O–H groups in total. The van der Waals surface area contributed by atoms with E-state index >= 15 is 0 Å². The van der Waals surface area contributed by atoms with Crippen LogP contribution in [0.25, 0.3) is 10.6 Å². The zero-order chi connectivity index (χ0) is 28.3. The number of aromatic nitrogens is 2. The van der Waals surface area contributed by atoms with Crippen LogP contribution in [0.4, 0.5) is 5.13 Å². The maximum atomic E-state index is 12.6. The summed E-state index contributed by atoms with van der Waals surface area (Å²) in [4.78, 5) is 37.0. The van der Waals surface area contributed by atoms with E-state index in [9.17, 15) is 14.4 Å². The molecule has 204 valence electrons. The molecule has 4 aromatic rings. The molecule has 3 aromatic carbocycles. The predicted molar refractivity (Wildman–Crippen MR) is 150 cm³/mol. The summed E-state index contributed by atoms with van der Waals surface area (Å²) < 4.78 is 16.5. The van der Waals surface area contributed by atoms with Crippen LogP contribution in [0.1, 0.15) is 29.8 Å². The number of anilines is 1. The Balaban J connectivity index is 1.34. The second-order valence-electron chi connectivity index (χ2n) is 7.92. The van der Waals surface area contributed by atoms with Crippen molar-refractivity contribution in [3.05, 3.63) is 83.9 Å². The van der Waals surface area contributed by atoms with E-state index in [0.717, 1.165) is 16.9 Å². The zero-order valence-electron chi connectivity index (χ0n) is 21.6. The number of benzene rings is 3. The highest BCUT2D eigenvalue weighted by Gasteiger charge is 2.17. The number of esters is 1. The molecule has 40 heavy (non-hydrogen) atoms. The van der Waals surface area contributed by atoms with Gasteiger partial charge < -0.3 is 14.2 Å². The predicted octanol–water partition coefficient (Wildman–Crippen LogP) is 4.31. The summed E-state index contributed by atoms with van der Waals surface area (Å²) >= 11 is 1.14. The van der Waals surface area contributed by atoms with Gasteiger partial charge in [0.15, 0.2) is 11.5 Å². The maximum Gasteiger partial charge on any atom is 0.343 e. The van der Waals surface area contributed by atoms with Crippen molar-refractivity contribution < 1.29 is 28.6 Å². The lowest BCUT2D eigenvalue weighted by molar-refractivity contribution is -0.136. The number of carbonyl (C=O) groups is 3. The molecule has 0 saturated carbocycles. The average molecular weight is 560 g/mol. The van der Waals surface area contributed by atoms with Crippen LogP contribution in [0, 0.1) is 0 Å². The minimum absolute atomic E-state index is 0.180. The molecule has 0 saturated heterocycles. The first-order valence-corrected chi connectivity index (χ1v) is 13.0. The molecule has 0 bridgehead atoms. The summed E-state index contributed by atoms with van der Waals surface area (Å²) in [5, 5.41) is 14.9. The molecule has 1 heterocycles. The molecule has 0 spiro atoms. The number of hydrogen-bond donors (Lipinski definition) is 2. The van der Waals surface area contributed by atoms with Crippen LogP contribution in [0.5, 0.6) is 17.2 Å². The number of hydrazone groups is 1. The molecule has 0 unspecified atom stereocenters. The highest BCUT2D eigenvalue weighted by Crippen LogP contribution is 2.29. The normalized spacial score (nSPS) is 10.7. The number of nitrogens with zero attached hydrogens (tertiary/aromatic N) is 3. The SMILES string of the molecule is CCOc1ccc(C(=O)Oc2ccc(/C=N\NC(=O)C(=O)Nc3nnc(-c4ccccc4)s3)cc2OCC)cc1. The van der Waals surface area contributed by atoms with Crippen LogP contribution in [0.15, 0.2) is 77.9 Å². The van der Waals surface area contributed by atoms with Gasteiger partial charge in [-0.25, -0.2) is 10.2 Å². The van der Waals surface area contributed by atoms with E-state index in [4.69, 9.17) is 14.2 Å². The fourth-order valence-electron chi connectivity index (χ4n) is 3.31. The first-order chi connectivity index (χ1) is 19.5. The highest BCUT2D eigenvalue weighted by molar-refractivity contribution is 7.18. The van der Waals surface area contributed by atoms with Crippen molar-refractivity contribution in [3.8, 4) is 27.8 Å². The van der Waals surface area contributed by atoms with E-state index in [1.807, 2.05) is 37.3 Å². The number of nitrogens with one attached hydrogen (secondary N) is 2. The molecule has 0 aliphatic heterocycles. The van der Waals surface area contributed by atoms with E-state index in [0.29, 0.717) is 40.8 Å². The average Bonchev–Trinajstić information content (AvgIpc) is 3.44. The smallest absolute Gasteiger partial charge is 0.343 e. The Morgan fingerprint density at radius 1 is 0.875 bits per heavy atom. The van der Waals surface area contributed by atoms with E-state index in [1.165, 1.54) is 6.21 Å².